The van der Waals surface area contributed by atoms with Crippen LogP contribution in [-0.4, -0.2) is 43.9 Å². The summed E-state index contributed by atoms with van der Waals surface area (Å²) in [7, 11) is 0. The summed E-state index contributed by atoms with van der Waals surface area (Å²) in [4.78, 5) is 12.3. The first kappa shape index (κ1) is 23.0. The van der Waals surface area contributed by atoms with Crippen LogP contribution in [-0.2, 0) is 6.42 Å². The highest BCUT2D eigenvalue weighted by atomic mass is 16.5. The van der Waals surface area contributed by atoms with E-state index in [1.165, 1.54) is 12.8 Å². The Balaban J connectivity index is 1.29. The van der Waals surface area contributed by atoms with E-state index in [1.54, 1.807) is 0 Å². The molecule has 2 aliphatic rings. The molecule has 2 heterocycles. The minimum atomic E-state index is -0.175. The third-order valence-corrected chi connectivity index (χ3v) is 7.37. The van der Waals surface area contributed by atoms with Gasteiger partial charge in [-0.1, -0.05) is 17.3 Å². The molecule has 0 unspecified atom stereocenters. The zero-order chi connectivity index (χ0) is 25.2. The molecule has 10 nitrogen and oxygen atoms in total. The van der Waals surface area contributed by atoms with Crippen LogP contribution >= 0.6 is 0 Å². The van der Waals surface area contributed by atoms with E-state index in [0.717, 1.165) is 59.3 Å². The van der Waals surface area contributed by atoms with Gasteiger partial charge in [-0.15, -0.1) is 10.2 Å². The first-order valence-electron chi connectivity index (χ1n) is 12.8. The molecule has 10 heteroatoms. The first-order chi connectivity index (χ1) is 18.2. The number of aromatic amines is 1. The standard InChI is InChI=1S/C27H28N8O2/c28-16-23-22-12-11-21(37-14-13-25-31-33-34-32-25)15-24(22)35(20-5-2-6-20)26(23)17-7-9-19(10-8-17)30-27(36)29-18-3-1-4-18/h7-12,15,18,20H,1-6,13-14H2,(H2,29,30,36)(H,31,32,33,34). The summed E-state index contributed by atoms with van der Waals surface area (Å²) in [5, 5.41) is 30.9. The Morgan fingerprint density at radius 3 is 2.59 bits per heavy atom. The highest BCUT2D eigenvalue weighted by Gasteiger charge is 2.28. The predicted octanol–water partition coefficient (Wildman–Crippen LogP) is 4.71. The molecule has 0 radical (unpaired) electrons. The molecule has 0 aliphatic heterocycles. The summed E-state index contributed by atoms with van der Waals surface area (Å²) in [6, 6.07) is 16.5. The Bertz CT molecular complexity index is 1440. The summed E-state index contributed by atoms with van der Waals surface area (Å²) >= 11 is 0. The van der Waals surface area contributed by atoms with Crippen LogP contribution in [0.4, 0.5) is 10.5 Å². The number of aromatic nitrogens is 5. The average Bonchev–Trinajstić information content (AvgIpc) is 3.47. The number of ether oxygens (including phenoxy) is 1. The van der Waals surface area contributed by atoms with Crippen molar-refractivity contribution in [2.45, 2.75) is 57.0 Å². The van der Waals surface area contributed by atoms with Crippen molar-refractivity contribution in [1.29, 1.82) is 5.26 Å². The van der Waals surface area contributed by atoms with Crippen molar-refractivity contribution >= 4 is 22.6 Å². The summed E-state index contributed by atoms with van der Waals surface area (Å²) in [6.07, 6.45) is 7.12. The van der Waals surface area contributed by atoms with Gasteiger partial charge < -0.3 is 19.9 Å². The number of rotatable bonds is 8. The van der Waals surface area contributed by atoms with Gasteiger partial charge in [-0.3, -0.25) is 0 Å². The monoisotopic (exact) mass is 496 g/mol. The number of hydrogen-bond acceptors (Lipinski definition) is 6. The minimum Gasteiger partial charge on any atom is -0.493 e. The predicted molar refractivity (Wildman–Crippen MR) is 138 cm³/mol. The molecule has 2 amide bonds. The summed E-state index contributed by atoms with van der Waals surface area (Å²) in [5.41, 5.74) is 4.24. The maximum Gasteiger partial charge on any atom is 0.319 e. The van der Waals surface area contributed by atoms with Crippen molar-refractivity contribution in [3.63, 3.8) is 0 Å². The van der Waals surface area contributed by atoms with E-state index in [-0.39, 0.29) is 12.1 Å². The van der Waals surface area contributed by atoms with Crippen LogP contribution in [0, 0.1) is 11.3 Å². The average molecular weight is 497 g/mol. The van der Waals surface area contributed by atoms with Crippen molar-refractivity contribution < 1.29 is 9.53 Å². The number of amides is 2. The van der Waals surface area contributed by atoms with Crippen molar-refractivity contribution in [3.05, 3.63) is 53.9 Å². The van der Waals surface area contributed by atoms with Gasteiger partial charge in [0.25, 0.3) is 0 Å². The van der Waals surface area contributed by atoms with Crippen molar-refractivity contribution in [2.24, 2.45) is 0 Å². The molecular weight excluding hydrogens is 468 g/mol. The Morgan fingerprint density at radius 1 is 1.14 bits per heavy atom. The quantitative estimate of drug-likeness (QED) is 0.323. The second kappa shape index (κ2) is 9.93. The number of urea groups is 1. The van der Waals surface area contributed by atoms with Crippen LogP contribution in [0.15, 0.2) is 42.5 Å². The summed E-state index contributed by atoms with van der Waals surface area (Å²) in [5.74, 6) is 1.34. The Hall–Kier alpha value is -4.39. The van der Waals surface area contributed by atoms with Gasteiger partial charge in [0.05, 0.1) is 23.4 Å². The smallest absolute Gasteiger partial charge is 0.319 e. The maximum absolute atomic E-state index is 12.3. The lowest BCUT2D eigenvalue weighted by molar-refractivity contribution is 0.240. The third-order valence-electron chi connectivity index (χ3n) is 7.37. The molecule has 2 fully saturated rings. The first-order valence-corrected chi connectivity index (χ1v) is 12.8. The van der Waals surface area contributed by atoms with Crippen LogP contribution < -0.4 is 15.4 Å². The second-order valence-electron chi connectivity index (χ2n) is 9.70. The molecule has 2 aromatic heterocycles. The number of hydrogen-bond donors (Lipinski definition) is 3. The number of H-pyrrole nitrogens is 1. The van der Waals surface area contributed by atoms with E-state index >= 15 is 0 Å². The van der Waals surface area contributed by atoms with E-state index in [9.17, 15) is 10.1 Å². The summed E-state index contributed by atoms with van der Waals surface area (Å²) < 4.78 is 8.29. The lowest BCUT2D eigenvalue weighted by Crippen LogP contribution is -2.41. The zero-order valence-corrected chi connectivity index (χ0v) is 20.4. The van der Waals surface area contributed by atoms with Gasteiger partial charge in [0.2, 0.25) is 0 Å². The molecule has 0 spiro atoms. The van der Waals surface area contributed by atoms with Crippen molar-refractivity contribution in [3.8, 4) is 23.1 Å². The fourth-order valence-corrected chi connectivity index (χ4v) is 4.97. The van der Waals surface area contributed by atoms with Crippen molar-refractivity contribution in [2.75, 3.05) is 11.9 Å². The van der Waals surface area contributed by atoms with E-state index < -0.39 is 0 Å². The topological polar surface area (TPSA) is 134 Å². The van der Waals surface area contributed by atoms with Crippen LogP contribution in [0.1, 0.15) is 56.0 Å². The Labute approximate surface area is 214 Å². The number of nitrogens with zero attached hydrogens (tertiary/aromatic N) is 5. The molecule has 3 N–H and O–H groups in total. The Morgan fingerprint density at radius 2 is 1.95 bits per heavy atom. The van der Waals surface area contributed by atoms with Crippen LogP contribution in [0.25, 0.3) is 22.2 Å². The number of nitriles is 1. The van der Waals surface area contributed by atoms with Gasteiger partial charge in [-0.25, -0.2) is 4.79 Å². The van der Waals surface area contributed by atoms with Gasteiger partial charge in [-0.2, -0.15) is 10.5 Å². The molecule has 37 heavy (non-hydrogen) atoms. The number of nitrogens with one attached hydrogen (secondary N) is 3. The number of carbonyl (C=O) groups excluding carboxylic acids is 1. The lowest BCUT2D eigenvalue weighted by Gasteiger charge is -2.30. The van der Waals surface area contributed by atoms with Gasteiger partial charge >= 0.3 is 6.03 Å². The fourth-order valence-electron chi connectivity index (χ4n) is 4.97. The number of anilines is 1. The molecule has 0 atom stereocenters. The van der Waals surface area contributed by atoms with E-state index in [4.69, 9.17) is 4.74 Å². The molecule has 0 saturated heterocycles. The van der Waals surface area contributed by atoms with Crippen LogP contribution in [0.2, 0.25) is 0 Å². The van der Waals surface area contributed by atoms with Gasteiger partial charge in [-0.05, 0) is 68.4 Å². The fraction of sp³-hybridized carbons (Fsp3) is 0.370. The van der Waals surface area contributed by atoms with Gasteiger partial charge in [0.15, 0.2) is 5.82 Å². The molecule has 6 rings (SSSR count). The molecule has 2 saturated carbocycles. The molecule has 4 aromatic rings. The Kier molecular flexibility index (Phi) is 6.18. The highest BCUT2D eigenvalue weighted by Crippen LogP contribution is 2.43. The van der Waals surface area contributed by atoms with E-state index in [2.05, 4.69) is 41.9 Å². The van der Waals surface area contributed by atoms with E-state index in [0.29, 0.717) is 30.5 Å². The largest absolute Gasteiger partial charge is 0.493 e. The van der Waals surface area contributed by atoms with Crippen molar-refractivity contribution in [1.82, 2.24) is 30.5 Å². The number of benzene rings is 2. The third kappa shape index (κ3) is 4.60. The molecule has 0 bridgehead atoms. The normalized spacial score (nSPS) is 15.5. The molecule has 2 aromatic carbocycles. The van der Waals surface area contributed by atoms with Crippen LogP contribution in [0.5, 0.6) is 5.75 Å². The lowest BCUT2D eigenvalue weighted by atomic mass is 9.92. The highest BCUT2D eigenvalue weighted by molar-refractivity contribution is 5.96. The van der Waals surface area contributed by atoms with E-state index in [1.807, 2.05) is 42.5 Å². The van der Waals surface area contributed by atoms with Gasteiger partial charge in [0.1, 0.15) is 11.8 Å². The number of fused-ring (bicyclic) bond motifs is 1. The summed E-state index contributed by atoms with van der Waals surface area (Å²) in [6.45, 7) is 0.427. The molecular formula is C27H28N8O2. The maximum atomic E-state index is 12.3. The zero-order valence-electron chi connectivity index (χ0n) is 20.4. The number of carbonyl (C=O) groups is 1. The van der Waals surface area contributed by atoms with Crippen LogP contribution in [0.3, 0.4) is 0 Å². The minimum absolute atomic E-state index is 0.175. The SMILES string of the molecule is N#Cc1c(-c2ccc(NC(=O)NC3CCC3)cc2)n(C2CCC2)c2cc(OCCc3nn[nH]n3)ccc12. The molecule has 188 valence electrons. The number of tetrazole rings is 1. The molecule has 2 aliphatic carbocycles. The van der Waals surface area contributed by atoms with Gasteiger partial charge in [0, 0.05) is 35.6 Å². The second-order valence-corrected chi connectivity index (χ2v) is 9.70.